The molecule has 1 aromatic carbocycles. The monoisotopic (exact) mass is 332 g/mol. The first kappa shape index (κ1) is 16.8. The molecular weight excluding hydrogens is 304 g/mol. The van der Waals surface area contributed by atoms with Gasteiger partial charge < -0.3 is 10.6 Å². The Labute approximate surface area is 144 Å². The van der Waals surface area contributed by atoms with E-state index >= 15 is 0 Å². The molecule has 2 aliphatic rings. The molecule has 0 bridgehead atoms. The van der Waals surface area contributed by atoms with Crippen molar-refractivity contribution in [2.75, 3.05) is 19.6 Å². The molecule has 0 radical (unpaired) electrons. The summed E-state index contributed by atoms with van der Waals surface area (Å²) in [5, 5.41) is 6.71. The fourth-order valence-corrected chi connectivity index (χ4v) is 5.10. The van der Waals surface area contributed by atoms with Crippen molar-refractivity contribution in [3.8, 4) is 0 Å². The molecule has 0 atom stereocenters. The van der Waals surface area contributed by atoms with Crippen LogP contribution in [0.2, 0.25) is 0 Å². The van der Waals surface area contributed by atoms with Crippen molar-refractivity contribution in [2.24, 2.45) is 5.41 Å². The molecule has 4 heteroatoms. The SMILES string of the molecule is CC1(CNC(=O)C2(Sc3ccccc3)CCCC2)CCNCC1. The topological polar surface area (TPSA) is 41.1 Å². The van der Waals surface area contributed by atoms with Gasteiger partial charge in [-0.2, -0.15) is 0 Å². The molecule has 1 aliphatic carbocycles. The van der Waals surface area contributed by atoms with Crippen LogP contribution in [0, 0.1) is 5.41 Å². The summed E-state index contributed by atoms with van der Waals surface area (Å²) in [6.07, 6.45) is 6.61. The molecule has 1 saturated carbocycles. The minimum Gasteiger partial charge on any atom is -0.354 e. The molecule has 1 heterocycles. The van der Waals surface area contributed by atoms with Gasteiger partial charge in [-0.25, -0.2) is 0 Å². The third kappa shape index (κ3) is 4.10. The van der Waals surface area contributed by atoms with Gasteiger partial charge in [0.25, 0.3) is 0 Å². The lowest BCUT2D eigenvalue weighted by Crippen LogP contribution is -2.48. The fraction of sp³-hybridized carbons (Fsp3) is 0.632. The number of hydrogen-bond donors (Lipinski definition) is 2. The van der Waals surface area contributed by atoms with E-state index in [2.05, 4.69) is 41.8 Å². The second kappa shape index (κ2) is 7.27. The molecule has 126 valence electrons. The summed E-state index contributed by atoms with van der Waals surface area (Å²) in [4.78, 5) is 14.2. The van der Waals surface area contributed by atoms with Crippen molar-refractivity contribution in [3.05, 3.63) is 30.3 Å². The summed E-state index contributed by atoms with van der Waals surface area (Å²) < 4.78 is -0.259. The molecule has 1 saturated heterocycles. The Morgan fingerprint density at radius 2 is 1.78 bits per heavy atom. The summed E-state index contributed by atoms with van der Waals surface area (Å²) in [6, 6.07) is 10.4. The predicted molar refractivity (Wildman–Crippen MR) is 96.7 cm³/mol. The van der Waals surface area contributed by atoms with Crippen LogP contribution in [0.25, 0.3) is 0 Å². The van der Waals surface area contributed by atoms with Crippen LogP contribution in [-0.2, 0) is 4.79 Å². The molecule has 1 amide bonds. The van der Waals surface area contributed by atoms with Gasteiger partial charge in [-0.15, -0.1) is 11.8 Å². The van der Waals surface area contributed by atoms with Crippen LogP contribution in [0.4, 0.5) is 0 Å². The molecular formula is C19H28N2OS. The van der Waals surface area contributed by atoms with Gasteiger partial charge in [0.2, 0.25) is 5.91 Å². The number of piperidine rings is 1. The number of carbonyl (C=O) groups is 1. The predicted octanol–water partition coefficient (Wildman–Crippen LogP) is 3.60. The summed E-state index contributed by atoms with van der Waals surface area (Å²) >= 11 is 1.77. The van der Waals surface area contributed by atoms with Crippen molar-refractivity contribution in [1.29, 1.82) is 0 Å². The molecule has 1 aromatic rings. The van der Waals surface area contributed by atoms with Crippen LogP contribution in [0.3, 0.4) is 0 Å². The number of nitrogens with one attached hydrogen (secondary N) is 2. The number of benzene rings is 1. The zero-order chi connectivity index (χ0) is 16.2. The molecule has 0 aromatic heterocycles. The zero-order valence-electron chi connectivity index (χ0n) is 14.1. The van der Waals surface area contributed by atoms with Crippen molar-refractivity contribution in [3.63, 3.8) is 0 Å². The highest BCUT2D eigenvalue weighted by Gasteiger charge is 2.42. The van der Waals surface area contributed by atoms with E-state index in [1.165, 1.54) is 4.90 Å². The molecule has 0 unspecified atom stereocenters. The quantitative estimate of drug-likeness (QED) is 0.866. The standard InChI is InChI=1S/C19H28N2OS/c1-18(11-13-20-14-12-18)15-21-17(22)19(9-5-6-10-19)23-16-7-3-2-4-8-16/h2-4,7-8,20H,5-6,9-15H2,1H3,(H,21,22). The van der Waals surface area contributed by atoms with Crippen molar-refractivity contribution < 1.29 is 4.79 Å². The van der Waals surface area contributed by atoms with E-state index in [-0.39, 0.29) is 16.1 Å². The van der Waals surface area contributed by atoms with E-state index in [0.717, 1.165) is 58.2 Å². The third-order valence-electron chi connectivity index (χ3n) is 5.37. The molecule has 3 rings (SSSR count). The maximum absolute atomic E-state index is 13.0. The van der Waals surface area contributed by atoms with Crippen molar-refractivity contribution in [2.45, 2.75) is 55.1 Å². The summed E-state index contributed by atoms with van der Waals surface area (Å²) in [5.41, 5.74) is 0.248. The second-order valence-corrected chi connectivity index (χ2v) is 8.82. The van der Waals surface area contributed by atoms with Gasteiger partial charge in [0.15, 0.2) is 0 Å². The van der Waals surface area contributed by atoms with E-state index in [9.17, 15) is 4.79 Å². The molecule has 2 fully saturated rings. The summed E-state index contributed by atoms with van der Waals surface area (Å²) in [5.74, 6) is 0.253. The lowest BCUT2D eigenvalue weighted by atomic mass is 9.81. The normalized spacial score (nSPS) is 22.7. The Balaban J connectivity index is 1.64. The van der Waals surface area contributed by atoms with Gasteiger partial charge >= 0.3 is 0 Å². The van der Waals surface area contributed by atoms with Crippen LogP contribution in [0.15, 0.2) is 35.2 Å². The largest absolute Gasteiger partial charge is 0.354 e. The van der Waals surface area contributed by atoms with E-state index < -0.39 is 0 Å². The maximum atomic E-state index is 13.0. The van der Waals surface area contributed by atoms with Crippen LogP contribution in [0.5, 0.6) is 0 Å². The highest BCUT2D eigenvalue weighted by molar-refractivity contribution is 8.01. The second-order valence-electron chi connectivity index (χ2n) is 7.36. The van der Waals surface area contributed by atoms with Gasteiger partial charge in [-0.05, 0) is 56.3 Å². The minimum atomic E-state index is -0.259. The first-order chi connectivity index (χ1) is 11.1. The number of hydrogen-bond acceptors (Lipinski definition) is 3. The molecule has 2 N–H and O–H groups in total. The van der Waals surface area contributed by atoms with E-state index in [4.69, 9.17) is 0 Å². The Kier molecular flexibility index (Phi) is 5.32. The first-order valence-corrected chi connectivity index (χ1v) is 9.67. The maximum Gasteiger partial charge on any atom is 0.236 e. The number of thioether (sulfide) groups is 1. The highest BCUT2D eigenvalue weighted by Crippen LogP contribution is 2.45. The first-order valence-electron chi connectivity index (χ1n) is 8.85. The van der Waals surface area contributed by atoms with Gasteiger partial charge in [0, 0.05) is 11.4 Å². The van der Waals surface area contributed by atoms with Crippen LogP contribution in [0.1, 0.15) is 45.4 Å². The van der Waals surface area contributed by atoms with E-state index in [1.807, 2.05) is 6.07 Å². The zero-order valence-corrected chi connectivity index (χ0v) is 14.9. The van der Waals surface area contributed by atoms with Crippen LogP contribution >= 0.6 is 11.8 Å². The van der Waals surface area contributed by atoms with E-state index in [1.54, 1.807) is 11.8 Å². The summed E-state index contributed by atoms with van der Waals surface area (Å²) in [6.45, 7) is 5.25. The third-order valence-corrected chi connectivity index (χ3v) is 6.86. The molecule has 0 spiro atoms. The highest BCUT2D eigenvalue weighted by atomic mass is 32.2. The number of rotatable bonds is 5. The van der Waals surface area contributed by atoms with Crippen molar-refractivity contribution in [1.82, 2.24) is 10.6 Å². The molecule has 3 nitrogen and oxygen atoms in total. The van der Waals surface area contributed by atoms with E-state index in [0.29, 0.717) is 0 Å². The van der Waals surface area contributed by atoms with Crippen molar-refractivity contribution >= 4 is 17.7 Å². The summed E-state index contributed by atoms with van der Waals surface area (Å²) in [7, 11) is 0. The Morgan fingerprint density at radius 1 is 1.13 bits per heavy atom. The number of amides is 1. The molecule has 23 heavy (non-hydrogen) atoms. The van der Waals surface area contributed by atoms with Crippen LogP contribution in [-0.4, -0.2) is 30.3 Å². The number of carbonyl (C=O) groups excluding carboxylic acids is 1. The van der Waals surface area contributed by atoms with Gasteiger partial charge in [0.1, 0.15) is 0 Å². The average Bonchev–Trinajstić information content (AvgIpc) is 3.04. The van der Waals surface area contributed by atoms with Gasteiger partial charge in [-0.1, -0.05) is 38.0 Å². The smallest absolute Gasteiger partial charge is 0.236 e. The lowest BCUT2D eigenvalue weighted by molar-refractivity contribution is -0.123. The Hall–Kier alpha value is -1.00. The van der Waals surface area contributed by atoms with Crippen LogP contribution < -0.4 is 10.6 Å². The van der Waals surface area contributed by atoms with Gasteiger partial charge in [-0.3, -0.25) is 4.79 Å². The Morgan fingerprint density at radius 3 is 2.43 bits per heavy atom. The minimum absolute atomic E-state index is 0.248. The fourth-order valence-electron chi connectivity index (χ4n) is 3.70. The van der Waals surface area contributed by atoms with Gasteiger partial charge in [0.05, 0.1) is 4.75 Å². The average molecular weight is 333 g/mol. The lowest BCUT2D eigenvalue weighted by Gasteiger charge is -2.36. The molecule has 1 aliphatic heterocycles. The Bertz CT molecular complexity index is 519.